The lowest BCUT2D eigenvalue weighted by molar-refractivity contribution is 0.373. The first-order valence-corrected chi connectivity index (χ1v) is 11.4. The van der Waals surface area contributed by atoms with Crippen LogP contribution in [0.5, 0.6) is 11.5 Å². The van der Waals surface area contributed by atoms with Gasteiger partial charge >= 0.3 is 0 Å². The molecular formula is C26H25FN6O2. The number of hydrogen-bond donors (Lipinski definition) is 2. The van der Waals surface area contributed by atoms with Crippen LogP contribution in [0.15, 0.2) is 42.6 Å². The molecule has 1 fully saturated rings. The number of methoxy groups -OCH3 is 1. The first kappa shape index (κ1) is 22.6. The Morgan fingerprint density at radius 1 is 1.17 bits per heavy atom. The van der Waals surface area contributed by atoms with Crippen LogP contribution in [0, 0.1) is 24.1 Å². The molecule has 2 aromatic carbocycles. The highest BCUT2D eigenvalue weighted by Crippen LogP contribution is 2.40. The summed E-state index contributed by atoms with van der Waals surface area (Å²) < 4.78 is 21.9. The molecule has 0 spiro atoms. The van der Waals surface area contributed by atoms with E-state index < -0.39 is 5.82 Å². The summed E-state index contributed by atoms with van der Waals surface area (Å²) in [5, 5.41) is 19.7. The number of nitriles is 1. The van der Waals surface area contributed by atoms with Gasteiger partial charge in [0.2, 0.25) is 5.95 Å². The quantitative estimate of drug-likeness (QED) is 0.461. The van der Waals surface area contributed by atoms with Crippen LogP contribution < -0.4 is 15.4 Å². The van der Waals surface area contributed by atoms with Crippen LogP contribution in [0.4, 0.5) is 10.3 Å². The third kappa shape index (κ3) is 3.92. The molecule has 0 amide bonds. The maximum atomic E-state index is 14.7. The van der Waals surface area contributed by atoms with Gasteiger partial charge in [0.05, 0.1) is 23.9 Å². The summed E-state index contributed by atoms with van der Waals surface area (Å²) in [7, 11) is 1.48. The Morgan fingerprint density at radius 2 is 1.91 bits per heavy atom. The molecular weight excluding hydrogens is 447 g/mol. The third-order valence-electron chi connectivity index (χ3n) is 6.46. The van der Waals surface area contributed by atoms with E-state index in [0.717, 1.165) is 31.6 Å². The van der Waals surface area contributed by atoms with E-state index in [0.29, 0.717) is 39.7 Å². The average molecular weight is 473 g/mol. The van der Waals surface area contributed by atoms with E-state index >= 15 is 0 Å². The highest BCUT2D eigenvalue weighted by molar-refractivity contribution is 5.92. The van der Waals surface area contributed by atoms with Gasteiger partial charge in [0.1, 0.15) is 17.5 Å². The second-order valence-corrected chi connectivity index (χ2v) is 8.71. The Kier molecular flexibility index (Phi) is 5.75. The van der Waals surface area contributed by atoms with Gasteiger partial charge in [-0.2, -0.15) is 5.26 Å². The maximum Gasteiger partial charge on any atom is 0.212 e. The van der Waals surface area contributed by atoms with E-state index in [1.54, 1.807) is 24.4 Å². The number of ether oxygens (including phenoxy) is 1. The molecule has 0 unspecified atom stereocenters. The molecule has 35 heavy (non-hydrogen) atoms. The second kappa shape index (κ2) is 8.89. The molecule has 3 N–H and O–H groups in total. The van der Waals surface area contributed by atoms with Crippen LogP contribution in [-0.2, 0) is 0 Å². The molecule has 1 aliphatic rings. The van der Waals surface area contributed by atoms with Gasteiger partial charge in [-0.1, -0.05) is 12.1 Å². The average Bonchev–Trinajstić information content (AvgIpc) is 3.25. The highest BCUT2D eigenvalue weighted by atomic mass is 19.1. The van der Waals surface area contributed by atoms with Crippen LogP contribution >= 0.6 is 0 Å². The summed E-state index contributed by atoms with van der Waals surface area (Å²) in [4.78, 5) is 11.9. The lowest BCUT2D eigenvalue weighted by atomic mass is 9.98. The van der Waals surface area contributed by atoms with E-state index in [4.69, 9.17) is 20.4 Å². The minimum absolute atomic E-state index is 0.0301. The number of aryl methyl sites for hydroxylation is 1. The minimum Gasteiger partial charge on any atom is -0.504 e. The number of halogens is 1. The number of nitrogens with zero attached hydrogens (tertiary/aromatic N) is 5. The monoisotopic (exact) mass is 472 g/mol. The van der Waals surface area contributed by atoms with E-state index in [2.05, 4.69) is 4.90 Å². The predicted octanol–water partition coefficient (Wildman–Crippen LogP) is 4.02. The fraction of sp³-hybridized carbons (Fsp3) is 0.269. The number of imidazole rings is 1. The van der Waals surface area contributed by atoms with Crippen molar-refractivity contribution in [3.05, 3.63) is 59.7 Å². The molecule has 2 aromatic heterocycles. The molecule has 3 heterocycles. The zero-order valence-corrected chi connectivity index (χ0v) is 19.5. The molecule has 5 rings (SSSR count). The number of nitrogens with two attached hydrogens (primary N) is 1. The Hall–Kier alpha value is -4.16. The number of anilines is 1. The summed E-state index contributed by atoms with van der Waals surface area (Å²) in [5.41, 5.74) is 9.91. The summed E-state index contributed by atoms with van der Waals surface area (Å²) in [6.07, 6.45) is 3.45. The number of piperidine rings is 1. The van der Waals surface area contributed by atoms with Gasteiger partial charge in [-0.05, 0) is 49.6 Å². The molecule has 0 bridgehead atoms. The van der Waals surface area contributed by atoms with Gasteiger partial charge in [-0.15, -0.1) is 0 Å². The molecule has 0 aliphatic carbocycles. The molecule has 8 nitrogen and oxygen atoms in total. The zero-order chi connectivity index (χ0) is 24.7. The standard InChI is InChI=1S/C26H25FN6O2/c1-15-14-30-25-23(16-5-6-22(35-2)21(34)12-16)24(17-3-4-18(13-28)20(27)11-17)31-26(33(15)25)32-9-7-19(29)8-10-32/h3-6,11-12,14,19,34H,7-10,29H2,1-2H3. The number of phenols is 1. The summed E-state index contributed by atoms with van der Waals surface area (Å²) in [6, 6.07) is 11.5. The molecule has 1 aliphatic heterocycles. The number of aromatic hydroxyl groups is 1. The second-order valence-electron chi connectivity index (χ2n) is 8.71. The van der Waals surface area contributed by atoms with Crippen molar-refractivity contribution in [3.63, 3.8) is 0 Å². The highest BCUT2D eigenvalue weighted by Gasteiger charge is 2.26. The Morgan fingerprint density at radius 3 is 2.57 bits per heavy atom. The van der Waals surface area contributed by atoms with Crippen molar-refractivity contribution in [2.24, 2.45) is 5.73 Å². The van der Waals surface area contributed by atoms with Gasteiger partial charge in [0, 0.05) is 36.6 Å². The van der Waals surface area contributed by atoms with Gasteiger partial charge in [0.25, 0.3) is 0 Å². The van der Waals surface area contributed by atoms with Crippen molar-refractivity contribution in [2.75, 3.05) is 25.1 Å². The van der Waals surface area contributed by atoms with Crippen molar-refractivity contribution in [3.8, 4) is 40.0 Å². The lowest BCUT2D eigenvalue weighted by Gasteiger charge is -2.32. The molecule has 0 saturated carbocycles. The van der Waals surface area contributed by atoms with E-state index in [9.17, 15) is 14.8 Å². The van der Waals surface area contributed by atoms with Gasteiger partial charge < -0.3 is 20.5 Å². The smallest absolute Gasteiger partial charge is 0.212 e. The number of hydrogen-bond acceptors (Lipinski definition) is 7. The van der Waals surface area contributed by atoms with E-state index in [1.165, 1.54) is 19.2 Å². The van der Waals surface area contributed by atoms with Crippen LogP contribution in [0.1, 0.15) is 24.1 Å². The molecule has 0 radical (unpaired) electrons. The number of benzene rings is 2. The van der Waals surface area contributed by atoms with Crippen LogP contribution in [0.25, 0.3) is 28.0 Å². The van der Waals surface area contributed by atoms with Crippen molar-refractivity contribution < 1.29 is 14.2 Å². The largest absolute Gasteiger partial charge is 0.504 e. The fourth-order valence-electron chi connectivity index (χ4n) is 4.56. The first-order valence-electron chi connectivity index (χ1n) is 11.4. The first-order chi connectivity index (χ1) is 16.9. The SMILES string of the molecule is COc1ccc(-c2c(-c3ccc(C#N)c(F)c3)nc(N3CCC(N)CC3)n3c(C)cnc23)cc1O. The Balaban J connectivity index is 1.81. The van der Waals surface area contributed by atoms with Gasteiger partial charge in [0.15, 0.2) is 11.5 Å². The summed E-state index contributed by atoms with van der Waals surface area (Å²) >= 11 is 0. The topological polar surface area (TPSA) is 113 Å². The fourth-order valence-corrected chi connectivity index (χ4v) is 4.56. The maximum absolute atomic E-state index is 14.7. The zero-order valence-electron chi connectivity index (χ0n) is 19.5. The summed E-state index contributed by atoms with van der Waals surface area (Å²) in [6.45, 7) is 3.44. The van der Waals surface area contributed by atoms with E-state index in [-0.39, 0.29) is 17.4 Å². The van der Waals surface area contributed by atoms with Crippen LogP contribution in [0.3, 0.4) is 0 Å². The minimum atomic E-state index is -0.625. The molecule has 0 atom stereocenters. The number of rotatable bonds is 4. The van der Waals surface area contributed by atoms with Gasteiger partial charge in [-0.25, -0.2) is 14.4 Å². The normalized spacial score (nSPS) is 14.3. The molecule has 4 aromatic rings. The molecule has 1 saturated heterocycles. The molecule has 9 heteroatoms. The number of fused-ring (bicyclic) bond motifs is 1. The van der Waals surface area contributed by atoms with Crippen molar-refractivity contribution >= 4 is 11.6 Å². The Labute approximate surface area is 202 Å². The van der Waals surface area contributed by atoms with Crippen molar-refractivity contribution in [1.82, 2.24) is 14.4 Å². The third-order valence-corrected chi connectivity index (χ3v) is 6.46. The molecule has 178 valence electrons. The van der Waals surface area contributed by atoms with Crippen molar-refractivity contribution in [2.45, 2.75) is 25.8 Å². The van der Waals surface area contributed by atoms with Crippen molar-refractivity contribution in [1.29, 1.82) is 5.26 Å². The van der Waals surface area contributed by atoms with E-state index in [1.807, 2.05) is 23.5 Å². The van der Waals surface area contributed by atoms with Crippen LogP contribution in [-0.4, -0.2) is 45.7 Å². The summed E-state index contributed by atoms with van der Waals surface area (Å²) in [5.74, 6) is 0.380. The lowest BCUT2D eigenvalue weighted by Crippen LogP contribution is -2.41. The Bertz CT molecular complexity index is 1470. The van der Waals surface area contributed by atoms with Crippen LogP contribution in [0.2, 0.25) is 0 Å². The van der Waals surface area contributed by atoms with Gasteiger partial charge in [-0.3, -0.25) is 4.40 Å². The number of phenolic OH excluding ortho intramolecular Hbond substituents is 1. The predicted molar refractivity (Wildman–Crippen MR) is 131 cm³/mol. The number of aromatic nitrogens is 3.